The standard InChI is InChI=1S/C16H18BrN5O/c17-13-2-4-14(5-3-13)20-15(23)12-21-8-10-22(11-9-21)16-18-6-1-7-19-16/h1-7H,8-12H2,(H,20,23). The molecule has 120 valence electrons. The first-order valence-corrected chi connectivity index (χ1v) is 8.30. The molecule has 0 atom stereocenters. The minimum Gasteiger partial charge on any atom is -0.338 e. The summed E-state index contributed by atoms with van der Waals surface area (Å²) < 4.78 is 0.995. The van der Waals surface area contributed by atoms with Gasteiger partial charge in [-0.1, -0.05) is 15.9 Å². The van der Waals surface area contributed by atoms with Gasteiger partial charge in [0.25, 0.3) is 0 Å². The van der Waals surface area contributed by atoms with Gasteiger partial charge in [0.05, 0.1) is 6.54 Å². The van der Waals surface area contributed by atoms with E-state index in [9.17, 15) is 4.79 Å². The van der Waals surface area contributed by atoms with Gasteiger partial charge in [-0.15, -0.1) is 0 Å². The fourth-order valence-corrected chi connectivity index (χ4v) is 2.76. The zero-order valence-corrected chi connectivity index (χ0v) is 14.2. The van der Waals surface area contributed by atoms with Crippen molar-refractivity contribution in [3.63, 3.8) is 0 Å². The fourth-order valence-electron chi connectivity index (χ4n) is 2.50. The number of carbonyl (C=O) groups excluding carboxylic acids is 1. The third-order valence-corrected chi connectivity index (χ3v) is 4.23. The zero-order valence-electron chi connectivity index (χ0n) is 12.7. The van der Waals surface area contributed by atoms with Gasteiger partial charge in [-0.05, 0) is 30.3 Å². The lowest BCUT2D eigenvalue weighted by atomic mass is 10.3. The molecule has 0 unspecified atom stereocenters. The Labute approximate surface area is 143 Å². The Bertz CT molecular complexity index is 641. The summed E-state index contributed by atoms with van der Waals surface area (Å²) in [5.41, 5.74) is 0.814. The second kappa shape index (κ2) is 7.52. The lowest BCUT2D eigenvalue weighted by molar-refractivity contribution is -0.117. The molecular weight excluding hydrogens is 358 g/mol. The van der Waals surface area contributed by atoms with Crippen LogP contribution >= 0.6 is 15.9 Å². The molecule has 1 aliphatic rings. The van der Waals surface area contributed by atoms with E-state index in [2.05, 4.69) is 41.0 Å². The van der Waals surface area contributed by atoms with E-state index in [0.29, 0.717) is 6.54 Å². The summed E-state index contributed by atoms with van der Waals surface area (Å²) in [6.45, 7) is 3.71. The van der Waals surface area contributed by atoms with Gasteiger partial charge in [0.15, 0.2) is 0 Å². The summed E-state index contributed by atoms with van der Waals surface area (Å²) in [7, 11) is 0. The number of carbonyl (C=O) groups is 1. The van der Waals surface area contributed by atoms with E-state index in [1.807, 2.05) is 30.3 Å². The number of amides is 1. The number of rotatable bonds is 4. The average Bonchev–Trinajstić information content (AvgIpc) is 2.58. The Hall–Kier alpha value is -1.99. The van der Waals surface area contributed by atoms with Crippen LogP contribution < -0.4 is 10.2 Å². The Morgan fingerprint density at radius 3 is 2.39 bits per heavy atom. The normalized spacial score (nSPS) is 15.4. The molecule has 1 N–H and O–H groups in total. The maximum absolute atomic E-state index is 12.1. The molecule has 0 aliphatic carbocycles. The minimum absolute atomic E-state index is 0.0109. The molecule has 0 radical (unpaired) electrons. The van der Waals surface area contributed by atoms with Crippen LogP contribution in [0.15, 0.2) is 47.2 Å². The highest BCUT2D eigenvalue weighted by Crippen LogP contribution is 2.14. The van der Waals surface area contributed by atoms with E-state index in [1.165, 1.54) is 0 Å². The zero-order chi connectivity index (χ0) is 16.1. The predicted octanol–water partition coefficient (Wildman–Crippen LogP) is 2.00. The van der Waals surface area contributed by atoms with Crippen molar-refractivity contribution < 1.29 is 4.79 Å². The van der Waals surface area contributed by atoms with E-state index >= 15 is 0 Å². The summed E-state index contributed by atoms with van der Waals surface area (Å²) in [6.07, 6.45) is 3.50. The van der Waals surface area contributed by atoms with Gasteiger partial charge in [-0.25, -0.2) is 9.97 Å². The fraction of sp³-hybridized carbons (Fsp3) is 0.312. The molecule has 1 amide bonds. The largest absolute Gasteiger partial charge is 0.338 e. The first kappa shape index (κ1) is 15.9. The molecule has 0 saturated carbocycles. The maximum Gasteiger partial charge on any atom is 0.238 e. The predicted molar refractivity (Wildman–Crippen MR) is 93.5 cm³/mol. The number of nitrogens with zero attached hydrogens (tertiary/aromatic N) is 4. The van der Waals surface area contributed by atoms with Crippen LogP contribution in [-0.2, 0) is 4.79 Å². The molecular formula is C16H18BrN5O. The van der Waals surface area contributed by atoms with Crippen molar-refractivity contribution in [3.05, 3.63) is 47.2 Å². The van der Waals surface area contributed by atoms with Gasteiger partial charge < -0.3 is 10.2 Å². The highest BCUT2D eigenvalue weighted by molar-refractivity contribution is 9.10. The lowest BCUT2D eigenvalue weighted by Gasteiger charge is -2.34. The van der Waals surface area contributed by atoms with Crippen LogP contribution in [0.2, 0.25) is 0 Å². The average molecular weight is 376 g/mol. The smallest absolute Gasteiger partial charge is 0.238 e. The molecule has 1 saturated heterocycles. The monoisotopic (exact) mass is 375 g/mol. The summed E-state index contributed by atoms with van der Waals surface area (Å²) in [4.78, 5) is 24.9. The number of hydrogen-bond donors (Lipinski definition) is 1. The van der Waals surface area contributed by atoms with Crippen LogP contribution in [0.1, 0.15) is 0 Å². The molecule has 1 aromatic heterocycles. The lowest BCUT2D eigenvalue weighted by Crippen LogP contribution is -2.49. The molecule has 1 aromatic carbocycles. The van der Waals surface area contributed by atoms with Gasteiger partial charge in [0.1, 0.15) is 0 Å². The van der Waals surface area contributed by atoms with Crippen molar-refractivity contribution in [1.29, 1.82) is 0 Å². The molecule has 1 fully saturated rings. The van der Waals surface area contributed by atoms with Crippen molar-refractivity contribution in [3.8, 4) is 0 Å². The number of hydrogen-bond acceptors (Lipinski definition) is 5. The number of nitrogens with one attached hydrogen (secondary N) is 1. The summed E-state index contributed by atoms with van der Waals surface area (Å²) in [6, 6.07) is 9.40. The highest BCUT2D eigenvalue weighted by atomic mass is 79.9. The molecule has 3 rings (SSSR count). The molecule has 6 nitrogen and oxygen atoms in total. The van der Waals surface area contributed by atoms with Crippen molar-refractivity contribution in [1.82, 2.24) is 14.9 Å². The molecule has 23 heavy (non-hydrogen) atoms. The van der Waals surface area contributed by atoms with E-state index in [-0.39, 0.29) is 5.91 Å². The van der Waals surface area contributed by atoms with E-state index in [1.54, 1.807) is 12.4 Å². The van der Waals surface area contributed by atoms with Crippen molar-refractivity contribution in [2.24, 2.45) is 0 Å². The van der Waals surface area contributed by atoms with Gasteiger partial charge in [0, 0.05) is 48.7 Å². The van der Waals surface area contributed by atoms with Crippen LogP contribution in [0.4, 0.5) is 11.6 Å². The SMILES string of the molecule is O=C(CN1CCN(c2ncccn2)CC1)Nc1ccc(Br)cc1. The minimum atomic E-state index is 0.0109. The van der Waals surface area contributed by atoms with Gasteiger partial charge in [-0.2, -0.15) is 0 Å². The number of piperazine rings is 1. The summed E-state index contributed by atoms with van der Waals surface area (Å²) in [5.74, 6) is 0.767. The first-order chi connectivity index (χ1) is 11.2. The van der Waals surface area contributed by atoms with Crippen molar-refractivity contribution in [2.45, 2.75) is 0 Å². The second-order valence-electron chi connectivity index (χ2n) is 5.37. The third-order valence-electron chi connectivity index (χ3n) is 3.70. The topological polar surface area (TPSA) is 61.4 Å². The van der Waals surface area contributed by atoms with Crippen LogP contribution in [-0.4, -0.2) is 53.5 Å². The molecule has 2 heterocycles. The van der Waals surface area contributed by atoms with Crippen LogP contribution in [0.25, 0.3) is 0 Å². The quantitative estimate of drug-likeness (QED) is 0.885. The molecule has 2 aromatic rings. The van der Waals surface area contributed by atoms with Crippen molar-refractivity contribution in [2.75, 3.05) is 42.9 Å². The van der Waals surface area contributed by atoms with Gasteiger partial charge >= 0.3 is 0 Å². The Morgan fingerprint density at radius 1 is 1.09 bits per heavy atom. The van der Waals surface area contributed by atoms with Gasteiger partial charge in [0.2, 0.25) is 11.9 Å². The number of anilines is 2. The van der Waals surface area contributed by atoms with E-state index in [4.69, 9.17) is 0 Å². The van der Waals surface area contributed by atoms with E-state index < -0.39 is 0 Å². The maximum atomic E-state index is 12.1. The van der Waals surface area contributed by atoms with Crippen LogP contribution in [0, 0.1) is 0 Å². The Morgan fingerprint density at radius 2 is 1.74 bits per heavy atom. The first-order valence-electron chi connectivity index (χ1n) is 7.50. The van der Waals surface area contributed by atoms with Gasteiger partial charge in [-0.3, -0.25) is 9.69 Å². The van der Waals surface area contributed by atoms with Crippen LogP contribution in [0.5, 0.6) is 0 Å². The molecule has 1 aliphatic heterocycles. The summed E-state index contributed by atoms with van der Waals surface area (Å²) >= 11 is 3.38. The molecule has 0 spiro atoms. The Kier molecular flexibility index (Phi) is 5.19. The molecule has 7 heteroatoms. The highest BCUT2D eigenvalue weighted by Gasteiger charge is 2.20. The van der Waals surface area contributed by atoms with Crippen LogP contribution in [0.3, 0.4) is 0 Å². The summed E-state index contributed by atoms with van der Waals surface area (Å²) in [5, 5.41) is 2.92. The third kappa shape index (κ3) is 4.49. The molecule has 0 bridgehead atoms. The Balaban J connectivity index is 1.47. The van der Waals surface area contributed by atoms with Crippen molar-refractivity contribution >= 4 is 33.5 Å². The number of halogens is 1. The number of benzene rings is 1. The second-order valence-corrected chi connectivity index (χ2v) is 6.28. The number of aromatic nitrogens is 2. The van der Waals surface area contributed by atoms with E-state index in [0.717, 1.165) is 42.3 Å².